The van der Waals surface area contributed by atoms with Crippen LogP contribution >= 0.6 is 0 Å². The van der Waals surface area contributed by atoms with Crippen LogP contribution < -0.4 is 0 Å². The lowest BCUT2D eigenvalue weighted by Gasteiger charge is -2.14. The molecule has 2 heterocycles. The highest BCUT2D eigenvalue weighted by Crippen LogP contribution is 2.38. The van der Waals surface area contributed by atoms with Gasteiger partial charge in [-0.25, -0.2) is 15.0 Å². The molecule has 0 bridgehead atoms. The van der Waals surface area contributed by atoms with Crippen molar-refractivity contribution in [2.75, 3.05) is 0 Å². The van der Waals surface area contributed by atoms with Crippen molar-refractivity contribution in [2.24, 2.45) is 0 Å². The van der Waals surface area contributed by atoms with Gasteiger partial charge in [0.1, 0.15) is 0 Å². The summed E-state index contributed by atoms with van der Waals surface area (Å²) in [5.74, 6) is 1.87. The van der Waals surface area contributed by atoms with Gasteiger partial charge in [0.15, 0.2) is 17.5 Å². The van der Waals surface area contributed by atoms with Gasteiger partial charge in [0.25, 0.3) is 0 Å². The molecule has 0 aliphatic carbocycles. The van der Waals surface area contributed by atoms with Gasteiger partial charge in [-0.1, -0.05) is 176 Å². The molecule has 4 heteroatoms. The van der Waals surface area contributed by atoms with Crippen LogP contribution in [0.15, 0.2) is 218 Å². The normalized spacial score (nSPS) is 11.4. The maximum atomic E-state index is 5.25. The number of benzene rings is 9. The third kappa shape index (κ3) is 6.24. The second-order valence-corrected chi connectivity index (χ2v) is 14.8. The minimum absolute atomic E-state index is 0.618. The van der Waals surface area contributed by atoms with E-state index in [1.165, 1.54) is 27.5 Å². The van der Waals surface area contributed by atoms with Crippen molar-refractivity contribution < 1.29 is 0 Å². The summed E-state index contributed by atoms with van der Waals surface area (Å²) < 4.78 is 2.35. The molecule has 0 aliphatic rings. The van der Waals surface area contributed by atoms with Crippen molar-refractivity contribution >= 4 is 32.6 Å². The molecular weight excluding hydrogens is 717 g/mol. The molecule has 0 atom stereocenters. The van der Waals surface area contributed by atoms with Crippen molar-refractivity contribution in [1.82, 2.24) is 19.5 Å². The van der Waals surface area contributed by atoms with Gasteiger partial charge < -0.3 is 4.57 Å². The largest absolute Gasteiger partial charge is 0.309 e. The fraction of sp³-hybridized carbons (Fsp3) is 0. The number of aromatic nitrogens is 4. The molecule has 0 amide bonds. The molecule has 4 nitrogen and oxygen atoms in total. The lowest BCUT2D eigenvalue weighted by atomic mass is 9.94. The molecular formula is C55H36N4. The first-order valence-corrected chi connectivity index (χ1v) is 19.9. The molecule has 0 N–H and O–H groups in total. The summed E-state index contributed by atoms with van der Waals surface area (Å²) in [5.41, 5.74) is 13.2. The predicted octanol–water partition coefficient (Wildman–Crippen LogP) is 14.1. The zero-order valence-electron chi connectivity index (χ0n) is 32.1. The van der Waals surface area contributed by atoms with Gasteiger partial charge in [0, 0.05) is 38.5 Å². The SMILES string of the molecule is c1ccc(-c2ccc(-c3nc(-c4ccc(-n5c6ccccc6c6cc(-c7ccccc7)ccc65)cc4)nc(-c4cccc5cccc(-c6ccccc6)c45)n3)cc2)cc1. The number of hydrogen-bond donors (Lipinski definition) is 0. The van der Waals surface area contributed by atoms with Crippen molar-refractivity contribution in [3.63, 3.8) is 0 Å². The Bertz CT molecular complexity index is 3280. The number of fused-ring (bicyclic) bond motifs is 4. The van der Waals surface area contributed by atoms with Gasteiger partial charge in [-0.15, -0.1) is 0 Å². The van der Waals surface area contributed by atoms with Crippen LogP contribution in [0.1, 0.15) is 0 Å². The summed E-state index contributed by atoms with van der Waals surface area (Å²) in [5, 5.41) is 4.69. The van der Waals surface area contributed by atoms with E-state index in [4.69, 9.17) is 15.0 Å². The number of para-hydroxylation sites is 1. The summed E-state index contributed by atoms with van der Waals surface area (Å²) in [7, 11) is 0. The van der Waals surface area contributed by atoms with Crippen molar-refractivity contribution in [3.05, 3.63) is 218 Å². The Morgan fingerprint density at radius 2 is 0.763 bits per heavy atom. The average molecular weight is 753 g/mol. The van der Waals surface area contributed by atoms with E-state index in [0.29, 0.717) is 17.5 Å². The third-order valence-electron chi connectivity index (χ3n) is 11.3. The lowest BCUT2D eigenvalue weighted by molar-refractivity contribution is 1.07. The molecule has 2 aromatic heterocycles. The molecule has 9 aromatic carbocycles. The second-order valence-electron chi connectivity index (χ2n) is 14.8. The van der Waals surface area contributed by atoms with Gasteiger partial charge >= 0.3 is 0 Å². The van der Waals surface area contributed by atoms with Gasteiger partial charge in [0.05, 0.1) is 11.0 Å². The topological polar surface area (TPSA) is 43.6 Å². The van der Waals surface area contributed by atoms with E-state index in [2.05, 4.69) is 217 Å². The first-order chi connectivity index (χ1) is 29.2. The van der Waals surface area contributed by atoms with Gasteiger partial charge in [-0.2, -0.15) is 0 Å². The van der Waals surface area contributed by atoms with Crippen molar-refractivity contribution in [1.29, 1.82) is 0 Å². The van der Waals surface area contributed by atoms with E-state index in [1.807, 2.05) is 6.07 Å². The van der Waals surface area contributed by atoms with E-state index in [-0.39, 0.29) is 0 Å². The van der Waals surface area contributed by atoms with Crippen molar-refractivity contribution in [2.45, 2.75) is 0 Å². The van der Waals surface area contributed by atoms with Crippen LogP contribution in [-0.2, 0) is 0 Å². The van der Waals surface area contributed by atoms with Gasteiger partial charge in [-0.05, 0) is 81.2 Å². The minimum Gasteiger partial charge on any atom is -0.309 e. The first kappa shape index (κ1) is 34.3. The number of hydrogen-bond acceptors (Lipinski definition) is 3. The Kier molecular flexibility index (Phi) is 8.45. The van der Waals surface area contributed by atoms with Crippen LogP contribution in [0.25, 0.3) is 106 Å². The molecule has 11 rings (SSSR count). The lowest BCUT2D eigenvalue weighted by Crippen LogP contribution is -2.01. The molecule has 0 radical (unpaired) electrons. The van der Waals surface area contributed by atoms with Crippen LogP contribution in [0.4, 0.5) is 0 Å². The van der Waals surface area contributed by atoms with E-state index < -0.39 is 0 Å². The Balaban J connectivity index is 1.06. The molecule has 59 heavy (non-hydrogen) atoms. The zero-order chi connectivity index (χ0) is 39.1. The van der Waals surface area contributed by atoms with Crippen LogP contribution in [0.3, 0.4) is 0 Å². The van der Waals surface area contributed by atoms with E-state index in [0.717, 1.165) is 60.9 Å². The van der Waals surface area contributed by atoms with E-state index >= 15 is 0 Å². The molecule has 11 aromatic rings. The highest BCUT2D eigenvalue weighted by atomic mass is 15.0. The van der Waals surface area contributed by atoms with Crippen LogP contribution in [0.2, 0.25) is 0 Å². The minimum atomic E-state index is 0.618. The van der Waals surface area contributed by atoms with Crippen molar-refractivity contribution in [3.8, 4) is 73.2 Å². The monoisotopic (exact) mass is 752 g/mol. The Labute approximate surface area is 342 Å². The third-order valence-corrected chi connectivity index (χ3v) is 11.3. The standard InChI is InChI=1S/C55H36N4/c1-4-14-37(15-5-1)39-26-28-42(29-27-39)53-56-54(58-55(57-53)48-24-13-21-41-20-12-23-46(52(41)48)40-18-8-3-9-19-40)43-30-33-45(34-31-43)59-50-25-11-10-22-47(50)49-36-44(32-35-51(49)59)38-16-6-2-7-17-38/h1-36H. The zero-order valence-corrected chi connectivity index (χ0v) is 32.1. The molecule has 0 saturated carbocycles. The Hall–Kier alpha value is -7.95. The summed E-state index contributed by atoms with van der Waals surface area (Å²) >= 11 is 0. The maximum Gasteiger partial charge on any atom is 0.164 e. The number of nitrogens with zero attached hydrogens (tertiary/aromatic N) is 4. The fourth-order valence-corrected chi connectivity index (χ4v) is 8.40. The fourth-order valence-electron chi connectivity index (χ4n) is 8.40. The molecule has 276 valence electrons. The van der Waals surface area contributed by atoms with Crippen LogP contribution in [0, 0.1) is 0 Å². The Morgan fingerprint density at radius 1 is 0.288 bits per heavy atom. The predicted molar refractivity (Wildman–Crippen MR) is 244 cm³/mol. The quantitative estimate of drug-likeness (QED) is 0.163. The first-order valence-electron chi connectivity index (χ1n) is 19.9. The average Bonchev–Trinajstić information content (AvgIpc) is 3.65. The molecule has 0 aliphatic heterocycles. The van der Waals surface area contributed by atoms with Crippen LogP contribution in [-0.4, -0.2) is 19.5 Å². The summed E-state index contributed by atoms with van der Waals surface area (Å²) in [6.45, 7) is 0. The van der Waals surface area contributed by atoms with Crippen LogP contribution in [0.5, 0.6) is 0 Å². The summed E-state index contributed by atoms with van der Waals surface area (Å²) in [4.78, 5) is 15.6. The maximum absolute atomic E-state index is 5.25. The smallest absolute Gasteiger partial charge is 0.164 e. The molecule has 0 unspecified atom stereocenters. The second kappa shape index (κ2) is 14.5. The summed E-state index contributed by atoms with van der Waals surface area (Å²) in [6, 6.07) is 76.9. The highest BCUT2D eigenvalue weighted by molar-refractivity contribution is 6.10. The Morgan fingerprint density at radius 3 is 1.42 bits per heavy atom. The van der Waals surface area contributed by atoms with Gasteiger partial charge in [-0.3, -0.25) is 0 Å². The summed E-state index contributed by atoms with van der Waals surface area (Å²) in [6.07, 6.45) is 0. The van der Waals surface area contributed by atoms with E-state index in [1.54, 1.807) is 0 Å². The van der Waals surface area contributed by atoms with E-state index in [9.17, 15) is 0 Å². The molecule has 0 spiro atoms. The van der Waals surface area contributed by atoms with Gasteiger partial charge in [0.2, 0.25) is 0 Å². The highest BCUT2D eigenvalue weighted by Gasteiger charge is 2.18. The molecule has 0 saturated heterocycles. The number of rotatable bonds is 7. The molecule has 0 fully saturated rings.